The molecule has 1 amide bonds. The van der Waals surface area contributed by atoms with Crippen molar-refractivity contribution in [3.05, 3.63) is 59.4 Å². The Kier molecular flexibility index (Phi) is 13.0. The highest BCUT2D eigenvalue weighted by molar-refractivity contribution is 5.76. The molecule has 1 aliphatic heterocycles. The lowest BCUT2D eigenvalue weighted by molar-refractivity contribution is -0.133. The van der Waals surface area contributed by atoms with Crippen LogP contribution in [0.5, 0.6) is 0 Å². The van der Waals surface area contributed by atoms with E-state index in [4.69, 9.17) is 0 Å². The number of nitrogens with zero attached hydrogens (tertiary/aromatic N) is 2. The van der Waals surface area contributed by atoms with Gasteiger partial charge in [0.1, 0.15) is 0 Å². The summed E-state index contributed by atoms with van der Waals surface area (Å²) in [4.78, 5) is 17.2. The Bertz CT molecular complexity index is 680. The molecule has 0 spiro atoms. The standard InChI is InChI=1S/C28H46N2O/c1-8-29-17-19-30(20-18-29)28(31)22-27(21-26(7)14-10-12-24(4)5)16-15-25(6)13-9-11-23(2)3/h8,11-12,15,21,27H,1,9-10,13-14,16-20,22H2,2-7H3/b25-15+,26-21+. The van der Waals surface area contributed by atoms with Crippen LogP contribution >= 0.6 is 0 Å². The van der Waals surface area contributed by atoms with Crippen LogP contribution in [0.4, 0.5) is 0 Å². The lowest BCUT2D eigenvalue weighted by Gasteiger charge is -2.34. The van der Waals surface area contributed by atoms with Gasteiger partial charge in [0.25, 0.3) is 0 Å². The number of hydrogen-bond acceptors (Lipinski definition) is 2. The van der Waals surface area contributed by atoms with Crippen LogP contribution in [0.1, 0.15) is 80.1 Å². The summed E-state index contributed by atoms with van der Waals surface area (Å²) in [5, 5.41) is 0. The van der Waals surface area contributed by atoms with Gasteiger partial charge in [0.15, 0.2) is 0 Å². The Balaban J connectivity index is 2.76. The first-order valence-electron chi connectivity index (χ1n) is 11.9. The molecule has 31 heavy (non-hydrogen) atoms. The van der Waals surface area contributed by atoms with E-state index >= 15 is 0 Å². The molecule has 0 radical (unpaired) electrons. The van der Waals surface area contributed by atoms with Gasteiger partial charge in [-0.25, -0.2) is 0 Å². The smallest absolute Gasteiger partial charge is 0.223 e. The third kappa shape index (κ3) is 12.4. The zero-order valence-corrected chi connectivity index (χ0v) is 21.0. The number of piperazine rings is 1. The number of rotatable bonds is 12. The number of allylic oxidation sites excluding steroid dienone is 8. The molecule has 1 aliphatic rings. The maximum absolute atomic E-state index is 13.0. The van der Waals surface area contributed by atoms with Gasteiger partial charge in [0.05, 0.1) is 0 Å². The molecule has 1 heterocycles. The normalized spacial score (nSPS) is 16.1. The Morgan fingerprint density at radius 1 is 0.839 bits per heavy atom. The van der Waals surface area contributed by atoms with Crippen molar-refractivity contribution in [1.29, 1.82) is 0 Å². The monoisotopic (exact) mass is 426 g/mol. The van der Waals surface area contributed by atoms with E-state index in [1.54, 1.807) is 0 Å². The fourth-order valence-electron chi connectivity index (χ4n) is 3.83. The Morgan fingerprint density at radius 2 is 1.39 bits per heavy atom. The van der Waals surface area contributed by atoms with E-state index in [0.717, 1.165) is 58.3 Å². The van der Waals surface area contributed by atoms with E-state index < -0.39 is 0 Å². The van der Waals surface area contributed by atoms with Crippen LogP contribution in [0.25, 0.3) is 0 Å². The molecule has 1 atom stereocenters. The fourth-order valence-corrected chi connectivity index (χ4v) is 3.83. The van der Waals surface area contributed by atoms with Crippen LogP contribution in [0.3, 0.4) is 0 Å². The molecule has 0 aromatic carbocycles. The SMILES string of the molecule is C=CN1CCN(C(=O)CC(/C=C(\C)CCC=C(C)C)C/C=C(\C)CCC=C(C)C)CC1. The van der Waals surface area contributed by atoms with Crippen LogP contribution < -0.4 is 0 Å². The summed E-state index contributed by atoms with van der Waals surface area (Å²) in [7, 11) is 0. The summed E-state index contributed by atoms with van der Waals surface area (Å²) in [5.74, 6) is 0.563. The second kappa shape index (κ2) is 14.9. The third-order valence-corrected chi connectivity index (χ3v) is 5.83. The maximum Gasteiger partial charge on any atom is 0.223 e. The summed E-state index contributed by atoms with van der Waals surface area (Å²) < 4.78 is 0. The summed E-state index contributed by atoms with van der Waals surface area (Å²) in [6, 6.07) is 0. The average Bonchev–Trinajstić information content (AvgIpc) is 2.71. The molecule has 174 valence electrons. The minimum absolute atomic E-state index is 0.273. The van der Waals surface area contributed by atoms with Gasteiger partial charge in [0.2, 0.25) is 5.91 Å². The summed E-state index contributed by atoms with van der Waals surface area (Å²) in [6.07, 6.45) is 17.1. The van der Waals surface area contributed by atoms with Crippen LogP contribution in [0, 0.1) is 5.92 Å². The highest BCUT2D eigenvalue weighted by Gasteiger charge is 2.21. The van der Waals surface area contributed by atoms with Gasteiger partial charge >= 0.3 is 0 Å². The van der Waals surface area contributed by atoms with Crippen molar-refractivity contribution in [2.75, 3.05) is 26.2 Å². The highest BCUT2D eigenvalue weighted by Crippen LogP contribution is 2.21. The molecular weight excluding hydrogens is 380 g/mol. The first kappa shape index (κ1) is 27.0. The van der Waals surface area contributed by atoms with Gasteiger partial charge in [0, 0.05) is 32.6 Å². The largest absolute Gasteiger partial charge is 0.374 e. The summed E-state index contributed by atoms with van der Waals surface area (Å²) in [6.45, 7) is 20.3. The van der Waals surface area contributed by atoms with Gasteiger partial charge in [-0.2, -0.15) is 0 Å². The van der Waals surface area contributed by atoms with E-state index in [0.29, 0.717) is 6.42 Å². The summed E-state index contributed by atoms with van der Waals surface area (Å²) in [5.41, 5.74) is 5.56. The number of amides is 1. The molecule has 1 saturated heterocycles. The minimum atomic E-state index is 0.273. The van der Waals surface area contributed by atoms with Crippen molar-refractivity contribution in [2.24, 2.45) is 5.92 Å². The molecule has 0 aromatic heterocycles. The van der Waals surface area contributed by atoms with Gasteiger partial charge in [-0.3, -0.25) is 4.79 Å². The minimum Gasteiger partial charge on any atom is -0.374 e. The average molecular weight is 427 g/mol. The lowest BCUT2D eigenvalue weighted by atomic mass is 9.94. The van der Waals surface area contributed by atoms with E-state index in [9.17, 15) is 4.79 Å². The van der Waals surface area contributed by atoms with E-state index in [1.807, 2.05) is 11.1 Å². The topological polar surface area (TPSA) is 23.6 Å². The van der Waals surface area contributed by atoms with Crippen molar-refractivity contribution < 1.29 is 4.79 Å². The third-order valence-electron chi connectivity index (χ3n) is 5.83. The molecule has 1 fully saturated rings. The Morgan fingerprint density at radius 3 is 1.90 bits per heavy atom. The van der Waals surface area contributed by atoms with Crippen molar-refractivity contribution in [1.82, 2.24) is 9.80 Å². The lowest BCUT2D eigenvalue weighted by Crippen LogP contribution is -2.47. The summed E-state index contributed by atoms with van der Waals surface area (Å²) >= 11 is 0. The second-order valence-electron chi connectivity index (χ2n) is 9.50. The van der Waals surface area contributed by atoms with Crippen molar-refractivity contribution in [3.8, 4) is 0 Å². The van der Waals surface area contributed by atoms with Gasteiger partial charge < -0.3 is 9.80 Å². The van der Waals surface area contributed by atoms with Crippen molar-refractivity contribution >= 4 is 5.91 Å². The highest BCUT2D eigenvalue weighted by atomic mass is 16.2. The second-order valence-corrected chi connectivity index (χ2v) is 9.50. The Hall–Kier alpha value is -2.03. The predicted molar refractivity (Wildman–Crippen MR) is 136 cm³/mol. The molecule has 0 N–H and O–H groups in total. The van der Waals surface area contributed by atoms with Gasteiger partial charge in [-0.1, -0.05) is 53.2 Å². The molecular formula is C28H46N2O. The molecule has 1 unspecified atom stereocenters. The van der Waals surface area contributed by atoms with E-state index in [1.165, 1.54) is 22.3 Å². The molecule has 0 saturated carbocycles. The van der Waals surface area contributed by atoms with Crippen molar-refractivity contribution in [3.63, 3.8) is 0 Å². The molecule has 0 aromatic rings. The zero-order chi connectivity index (χ0) is 23.2. The first-order chi connectivity index (χ1) is 14.7. The quantitative estimate of drug-likeness (QED) is 0.312. The zero-order valence-electron chi connectivity index (χ0n) is 21.0. The van der Waals surface area contributed by atoms with Crippen LogP contribution in [-0.2, 0) is 4.79 Å². The first-order valence-corrected chi connectivity index (χ1v) is 11.9. The maximum atomic E-state index is 13.0. The van der Waals surface area contributed by atoms with Crippen LogP contribution in [-0.4, -0.2) is 41.9 Å². The number of carbonyl (C=O) groups excluding carboxylic acids is 1. The van der Waals surface area contributed by atoms with Gasteiger partial charge in [-0.15, -0.1) is 0 Å². The predicted octanol–water partition coefficient (Wildman–Crippen LogP) is 7.06. The Labute approximate surface area is 192 Å². The fraction of sp³-hybridized carbons (Fsp3) is 0.607. The van der Waals surface area contributed by atoms with Gasteiger partial charge in [-0.05, 0) is 85.8 Å². The number of carbonyl (C=O) groups is 1. The van der Waals surface area contributed by atoms with E-state index in [2.05, 4.69) is 77.3 Å². The molecule has 0 aliphatic carbocycles. The molecule has 3 heteroatoms. The number of hydrogen-bond donors (Lipinski definition) is 0. The van der Waals surface area contributed by atoms with E-state index in [-0.39, 0.29) is 11.8 Å². The van der Waals surface area contributed by atoms with Crippen LogP contribution in [0.15, 0.2) is 59.4 Å². The molecule has 0 bridgehead atoms. The molecule has 3 nitrogen and oxygen atoms in total. The molecule has 1 rings (SSSR count). The van der Waals surface area contributed by atoms with Crippen molar-refractivity contribution in [2.45, 2.75) is 80.1 Å². The van der Waals surface area contributed by atoms with Crippen LogP contribution in [0.2, 0.25) is 0 Å².